The number of benzene rings is 1. The second kappa shape index (κ2) is 11.8. The van der Waals surface area contributed by atoms with E-state index in [9.17, 15) is 24.3 Å². The van der Waals surface area contributed by atoms with E-state index in [1.807, 2.05) is 0 Å². The zero-order chi connectivity index (χ0) is 22.8. The lowest BCUT2D eigenvalue weighted by Crippen LogP contribution is -2.29. The van der Waals surface area contributed by atoms with Gasteiger partial charge in [0.1, 0.15) is 12.4 Å². The molecule has 1 atom stereocenters. The number of carbonyl (C=O) groups is 2. The fourth-order valence-corrected chi connectivity index (χ4v) is 3.31. The fourth-order valence-electron chi connectivity index (χ4n) is 2.35. The summed E-state index contributed by atoms with van der Waals surface area (Å²) in [7, 11) is 0. The van der Waals surface area contributed by atoms with Crippen molar-refractivity contribution in [1.29, 1.82) is 0 Å². The first-order valence-corrected chi connectivity index (χ1v) is 10.4. The number of ether oxygens (including phenoxy) is 3. The number of hydrogen-bond donors (Lipinski definition) is 1. The molecule has 0 aliphatic rings. The van der Waals surface area contributed by atoms with E-state index in [1.165, 1.54) is 30.3 Å². The minimum Gasteiger partial charge on any atom is -0.593 e. The summed E-state index contributed by atoms with van der Waals surface area (Å²) < 4.78 is 30.3. The van der Waals surface area contributed by atoms with Crippen LogP contribution < -0.4 is 9.46 Å². The Balaban J connectivity index is 2.04. The molecular formula is C19H21N3O8S. The van der Waals surface area contributed by atoms with Crippen molar-refractivity contribution in [2.24, 2.45) is 0 Å². The third kappa shape index (κ3) is 6.91. The quantitative estimate of drug-likeness (QED) is 0.176. The molecule has 0 bridgehead atoms. The van der Waals surface area contributed by atoms with Crippen molar-refractivity contribution in [3.8, 4) is 5.75 Å². The summed E-state index contributed by atoms with van der Waals surface area (Å²) in [5.41, 5.74) is -0.515. The van der Waals surface area contributed by atoms with Crippen molar-refractivity contribution >= 4 is 29.0 Å². The van der Waals surface area contributed by atoms with Gasteiger partial charge in [-0.25, -0.2) is 14.6 Å². The lowest BCUT2D eigenvalue weighted by molar-refractivity contribution is -0.387. The van der Waals surface area contributed by atoms with Crippen LogP contribution in [0.5, 0.6) is 5.75 Å². The van der Waals surface area contributed by atoms with Crippen LogP contribution >= 0.6 is 0 Å². The lowest BCUT2D eigenvalue weighted by atomic mass is 10.2. The van der Waals surface area contributed by atoms with E-state index in [2.05, 4.69) is 9.71 Å². The van der Waals surface area contributed by atoms with Gasteiger partial charge in [-0.2, -0.15) is 0 Å². The predicted octanol–water partition coefficient (Wildman–Crippen LogP) is 2.03. The van der Waals surface area contributed by atoms with Crippen molar-refractivity contribution < 1.29 is 33.3 Å². The van der Waals surface area contributed by atoms with Crippen LogP contribution in [-0.4, -0.2) is 52.8 Å². The number of aromatic nitrogens is 1. The van der Waals surface area contributed by atoms with E-state index in [1.54, 1.807) is 19.9 Å². The first-order chi connectivity index (χ1) is 14.9. The highest BCUT2D eigenvalue weighted by Crippen LogP contribution is 2.22. The number of para-hydroxylation sites is 1. The molecule has 0 radical (unpaired) electrons. The Morgan fingerprint density at radius 1 is 1.10 bits per heavy atom. The molecule has 1 heterocycles. The van der Waals surface area contributed by atoms with E-state index in [-0.39, 0.29) is 54.1 Å². The standard InChI is InChI=1S/C19H21N3O8S/c1-3-28-18(23)14-11-13(12-15(21-14)19(24)29-4-2)30-10-9-20-31(27)17-8-6-5-7-16(17)22(25)26/h5-8,11-12,20H,3-4,9-10H2,1-2H3. The van der Waals surface area contributed by atoms with Crippen molar-refractivity contribution in [1.82, 2.24) is 9.71 Å². The summed E-state index contributed by atoms with van der Waals surface area (Å²) in [4.78, 5) is 38.4. The van der Waals surface area contributed by atoms with Gasteiger partial charge in [0.25, 0.3) is 4.90 Å². The van der Waals surface area contributed by atoms with Gasteiger partial charge in [-0.3, -0.25) is 10.1 Å². The highest BCUT2D eigenvalue weighted by Gasteiger charge is 2.24. The minimum absolute atomic E-state index is 0.0130. The molecule has 0 aliphatic carbocycles. The van der Waals surface area contributed by atoms with Crippen LogP contribution in [0, 0.1) is 10.1 Å². The molecule has 1 aromatic heterocycles. The van der Waals surface area contributed by atoms with Crippen LogP contribution in [0.15, 0.2) is 41.3 Å². The molecule has 1 aromatic carbocycles. The van der Waals surface area contributed by atoms with Crippen LogP contribution in [-0.2, 0) is 20.8 Å². The smallest absolute Gasteiger partial charge is 0.357 e. The summed E-state index contributed by atoms with van der Waals surface area (Å²) in [5, 5.41) is 11.0. The number of nitro groups is 1. The molecule has 0 spiro atoms. The zero-order valence-electron chi connectivity index (χ0n) is 16.9. The lowest BCUT2D eigenvalue weighted by Gasteiger charge is -2.12. The number of rotatable bonds is 11. The van der Waals surface area contributed by atoms with Gasteiger partial charge in [0.05, 0.1) is 36.0 Å². The molecule has 0 amide bonds. The second-order valence-electron chi connectivity index (χ2n) is 5.75. The van der Waals surface area contributed by atoms with Gasteiger partial charge in [-0.15, -0.1) is 4.72 Å². The Hall–Kier alpha value is -3.22. The van der Waals surface area contributed by atoms with Crippen molar-refractivity contribution in [3.63, 3.8) is 0 Å². The number of nitrogens with zero attached hydrogens (tertiary/aromatic N) is 2. The molecule has 31 heavy (non-hydrogen) atoms. The molecule has 2 rings (SSSR count). The summed E-state index contributed by atoms with van der Waals surface area (Å²) in [6.45, 7) is 3.57. The van der Waals surface area contributed by atoms with E-state index in [0.717, 1.165) is 0 Å². The first-order valence-electron chi connectivity index (χ1n) is 9.25. The molecular weight excluding hydrogens is 430 g/mol. The maximum Gasteiger partial charge on any atom is 0.357 e. The largest absolute Gasteiger partial charge is 0.593 e. The average Bonchev–Trinajstić information content (AvgIpc) is 2.76. The Morgan fingerprint density at radius 3 is 2.23 bits per heavy atom. The molecule has 1 N–H and O–H groups in total. The second-order valence-corrected chi connectivity index (χ2v) is 7.02. The van der Waals surface area contributed by atoms with Crippen LogP contribution in [0.3, 0.4) is 0 Å². The van der Waals surface area contributed by atoms with Crippen LogP contribution in [0.1, 0.15) is 34.8 Å². The minimum atomic E-state index is -1.83. The molecule has 0 saturated carbocycles. The molecule has 0 fully saturated rings. The third-order valence-corrected chi connectivity index (χ3v) is 4.84. The van der Waals surface area contributed by atoms with E-state index in [0.29, 0.717) is 0 Å². The third-order valence-electron chi connectivity index (χ3n) is 3.63. The Morgan fingerprint density at radius 2 is 1.68 bits per heavy atom. The average molecular weight is 451 g/mol. The van der Waals surface area contributed by atoms with Crippen LogP contribution in [0.25, 0.3) is 0 Å². The van der Waals surface area contributed by atoms with Crippen molar-refractivity contribution in [3.05, 3.63) is 57.9 Å². The molecule has 166 valence electrons. The molecule has 2 aromatic rings. The Kier molecular flexibility index (Phi) is 9.18. The number of carbonyl (C=O) groups excluding carboxylic acids is 2. The molecule has 1 unspecified atom stereocenters. The topological polar surface area (TPSA) is 153 Å². The van der Waals surface area contributed by atoms with Crippen LogP contribution in [0.4, 0.5) is 5.69 Å². The zero-order valence-corrected chi connectivity index (χ0v) is 17.7. The van der Waals surface area contributed by atoms with Gasteiger partial charge in [0, 0.05) is 24.3 Å². The summed E-state index contributed by atoms with van der Waals surface area (Å²) in [5.74, 6) is -1.30. The number of nitro benzene ring substituents is 1. The monoisotopic (exact) mass is 451 g/mol. The maximum absolute atomic E-state index is 12.3. The number of nitrogens with one attached hydrogen (secondary N) is 1. The fraction of sp³-hybridized carbons (Fsp3) is 0.316. The predicted molar refractivity (Wildman–Crippen MR) is 109 cm³/mol. The normalized spacial score (nSPS) is 11.5. The molecule has 0 saturated heterocycles. The maximum atomic E-state index is 12.3. The van der Waals surface area contributed by atoms with Gasteiger partial charge in [-0.1, -0.05) is 12.1 Å². The summed E-state index contributed by atoms with van der Waals surface area (Å²) >= 11 is -1.83. The van der Waals surface area contributed by atoms with E-state index in [4.69, 9.17) is 14.2 Å². The molecule has 0 aliphatic heterocycles. The van der Waals surface area contributed by atoms with Crippen molar-refractivity contribution in [2.75, 3.05) is 26.4 Å². The molecule has 11 nitrogen and oxygen atoms in total. The number of esters is 2. The van der Waals surface area contributed by atoms with E-state index < -0.39 is 28.2 Å². The highest BCUT2D eigenvalue weighted by atomic mass is 32.2. The van der Waals surface area contributed by atoms with Gasteiger partial charge in [-0.05, 0) is 13.8 Å². The highest BCUT2D eigenvalue weighted by molar-refractivity contribution is 7.89. The Bertz CT molecular complexity index is 904. The number of pyridine rings is 1. The van der Waals surface area contributed by atoms with Crippen molar-refractivity contribution in [2.45, 2.75) is 18.7 Å². The summed E-state index contributed by atoms with van der Waals surface area (Å²) in [6.07, 6.45) is 0. The number of hydrogen-bond acceptors (Lipinski definition) is 10. The van der Waals surface area contributed by atoms with Gasteiger partial charge < -0.3 is 18.8 Å². The van der Waals surface area contributed by atoms with Gasteiger partial charge in [0.2, 0.25) is 0 Å². The molecule has 12 heteroatoms. The Labute approximate surface area is 181 Å². The van der Waals surface area contributed by atoms with Gasteiger partial charge >= 0.3 is 17.6 Å². The summed E-state index contributed by atoms with van der Waals surface area (Å²) in [6, 6.07) is 8.29. The van der Waals surface area contributed by atoms with E-state index >= 15 is 0 Å². The van der Waals surface area contributed by atoms with Gasteiger partial charge in [0.15, 0.2) is 11.4 Å². The SMILES string of the molecule is CCOC(=O)c1cc(OCCN[S+]([O-])c2ccccc2[N+](=O)[O-])cc(C(=O)OCC)n1. The van der Waals surface area contributed by atoms with Crippen LogP contribution in [0.2, 0.25) is 0 Å². The first kappa shape index (κ1) is 24.1.